The molecule has 1 aliphatic carbocycles. The average Bonchev–Trinajstić information content (AvgIpc) is 2.27. The summed E-state index contributed by atoms with van der Waals surface area (Å²) in [5, 5.41) is 9.47. The smallest absolute Gasteiger partial charge is 0.0589 e. The normalized spacial score (nSPS) is 21.4. The maximum absolute atomic E-state index is 9.47. The lowest BCUT2D eigenvalue weighted by Gasteiger charge is -2.36. The molecule has 1 rings (SSSR count). The average molecular weight is 199 g/mol. The van der Waals surface area contributed by atoms with Crippen LogP contribution in [0.3, 0.4) is 0 Å². The first kappa shape index (κ1) is 12.0. The van der Waals surface area contributed by atoms with Gasteiger partial charge in [-0.05, 0) is 31.8 Å². The maximum Gasteiger partial charge on any atom is 0.0589 e. The third-order valence-electron chi connectivity index (χ3n) is 3.66. The molecule has 84 valence electrons. The molecule has 0 heterocycles. The molecule has 2 heteroatoms. The molecule has 0 unspecified atom stereocenters. The van der Waals surface area contributed by atoms with Crippen LogP contribution in [0.15, 0.2) is 0 Å². The Hall–Kier alpha value is -0.0800. The van der Waals surface area contributed by atoms with Crippen molar-refractivity contribution in [1.82, 2.24) is 4.90 Å². The third-order valence-corrected chi connectivity index (χ3v) is 3.66. The van der Waals surface area contributed by atoms with Crippen LogP contribution in [0.1, 0.15) is 46.0 Å². The summed E-state index contributed by atoms with van der Waals surface area (Å²) in [7, 11) is 0. The predicted octanol–water partition coefficient (Wildman–Crippen LogP) is 2.27. The van der Waals surface area contributed by atoms with E-state index >= 15 is 0 Å². The molecular weight excluding hydrogens is 174 g/mol. The number of likely N-dealkylation sites (N-methyl/N-ethyl adjacent to an activating group) is 1. The molecule has 2 nitrogen and oxygen atoms in total. The van der Waals surface area contributed by atoms with Gasteiger partial charge >= 0.3 is 0 Å². The molecular formula is C12H25NO. The molecule has 0 aromatic rings. The van der Waals surface area contributed by atoms with Gasteiger partial charge in [0.15, 0.2) is 0 Å². The molecule has 1 aliphatic rings. The molecule has 1 N–H and O–H groups in total. The highest BCUT2D eigenvalue weighted by molar-refractivity contribution is 4.80. The van der Waals surface area contributed by atoms with Crippen molar-refractivity contribution in [3.8, 4) is 0 Å². The SMILES string of the molecule is CCN(CC)[C@H](CO)C1CCCCC1. The summed E-state index contributed by atoms with van der Waals surface area (Å²) in [4.78, 5) is 2.41. The van der Waals surface area contributed by atoms with Crippen molar-refractivity contribution < 1.29 is 5.11 Å². The minimum Gasteiger partial charge on any atom is -0.395 e. The Morgan fingerprint density at radius 2 is 1.71 bits per heavy atom. The lowest BCUT2D eigenvalue weighted by molar-refractivity contribution is 0.0719. The van der Waals surface area contributed by atoms with E-state index in [-0.39, 0.29) is 0 Å². The largest absolute Gasteiger partial charge is 0.395 e. The molecule has 0 radical (unpaired) electrons. The summed E-state index contributed by atoms with van der Waals surface area (Å²) >= 11 is 0. The maximum atomic E-state index is 9.47. The number of aliphatic hydroxyl groups is 1. The van der Waals surface area contributed by atoms with Crippen molar-refractivity contribution in [2.24, 2.45) is 5.92 Å². The molecule has 0 amide bonds. The van der Waals surface area contributed by atoms with Crippen molar-refractivity contribution in [2.75, 3.05) is 19.7 Å². The fraction of sp³-hybridized carbons (Fsp3) is 1.00. The summed E-state index contributed by atoms with van der Waals surface area (Å²) < 4.78 is 0. The molecule has 0 saturated heterocycles. The molecule has 0 aromatic carbocycles. The van der Waals surface area contributed by atoms with Crippen molar-refractivity contribution >= 4 is 0 Å². The lowest BCUT2D eigenvalue weighted by Crippen LogP contribution is -2.43. The Bertz CT molecular complexity index is 139. The highest BCUT2D eigenvalue weighted by Gasteiger charge is 2.26. The van der Waals surface area contributed by atoms with E-state index in [0.717, 1.165) is 19.0 Å². The van der Waals surface area contributed by atoms with Gasteiger partial charge in [-0.3, -0.25) is 4.90 Å². The van der Waals surface area contributed by atoms with Gasteiger partial charge in [-0.25, -0.2) is 0 Å². The van der Waals surface area contributed by atoms with Crippen LogP contribution in [0.5, 0.6) is 0 Å². The van der Waals surface area contributed by atoms with Gasteiger partial charge in [0.05, 0.1) is 6.61 Å². The van der Waals surface area contributed by atoms with E-state index in [4.69, 9.17) is 0 Å². The highest BCUT2D eigenvalue weighted by Crippen LogP contribution is 2.28. The Labute approximate surface area is 88.3 Å². The van der Waals surface area contributed by atoms with Gasteiger partial charge in [0, 0.05) is 6.04 Å². The van der Waals surface area contributed by atoms with Crippen LogP contribution in [-0.4, -0.2) is 35.7 Å². The Kier molecular flexibility index (Phi) is 5.49. The first-order valence-electron chi connectivity index (χ1n) is 6.18. The summed E-state index contributed by atoms with van der Waals surface area (Å²) in [6, 6.07) is 0.422. The second kappa shape index (κ2) is 6.41. The van der Waals surface area contributed by atoms with Crippen LogP contribution >= 0.6 is 0 Å². The van der Waals surface area contributed by atoms with Gasteiger partial charge in [0.25, 0.3) is 0 Å². The van der Waals surface area contributed by atoms with Crippen LogP contribution < -0.4 is 0 Å². The number of hydrogen-bond donors (Lipinski definition) is 1. The molecule has 14 heavy (non-hydrogen) atoms. The van der Waals surface area contributed by atoms with Crippen LogP contribution in [0.4, 0.5) is 0 Å². The van der Waals surface area contributed by atoms with E-state index in [1.807, 2.05) is 0 Å². The van der Waals surface area contributed by atoms with Crippen molar-refractivity contribution in [3.05, 3.63) is 0 Å². The van der Waals surface area contributed by atoms with Crippen LogP contribution in [0.25, 0.3) is 0 Å². The predicted molar refractivity (Wildman–Crippen MR) is 60.4 cm³/mol. The molecule has 0 spiro atoms. The van der Waals surface area contributed by atoms with Crippen LogP contribution in [0, 0.1) is 5.92 Å². The Balaban J connectivity index is 2.49. The van der Waals surface area contributed by atoms with Gasteiger partial charge in [-0.15, -0.1) is 0 Å². The number of nitrogens with zero attached hydrogens (tertiary/aromatic N) is 1. The van der Waals surface area contributed by atoms with Gasteiger partial charge in [-0.1, -0.05) is 33.1 Å². The molecule has 1 saturated carbocycles. The minimum atomic E-state index is 0.340. The number of rotatable bonds is 5. The van der Waals surface area contributed by atoms with E-state index in [0.29, 0.717) is 12.6 Å². The second-order valence-corrected chi connectivity index (χ2v) is 4.37. The van der Waals surface area contributed by atoms with Crippen molar-refractivity contribution in [3.63, 3.8) is 0 Å². The standard InChI is InChI=1S/C12H25NO/c1-3-13(4-2)12(10-14)11-8-6-5-7-9-11/h11-12,14H,3-10H2,1-2H3/t12-/m1/s1. The number of hydrogen-bond acceptors (Lipinski definition) is 2. The minimum absolute atomic E-state index is 0.340. The van der Waals surface area contributed by atoms with E-state index in [2.05, 4.69) is 18.7 Å². The zero-order valence-corrected chi connectivity index (χ0v) is 9.71. The van der Waals surface area contributed by atoms with E-state index < -0.39 is 0 Å². The topological polar surface area (TPSA) is 23.5 Å². The van der Waals surface area contributed by atoms with Crippen LogP contribution in [-0.2, 0) is 0 Å². The van der Waals surface area contributed by atoms with Crippen molar-refractivity contribution in [1.29, 1.82) is 0 Å². The first-order valence-corrected chi connectivity index (χ1v) is 6.18. The fourth-order valence-electron chi connectivity index (χ4n) is 2.77. The van der Waals surface area contributed by atoms with E-state index in [9.17, 15) is 5.11 Å². The number of aliphatic hydroxyl groups excluding tert-OH is 1. The fourth-order valence-corrected chi connectivity index (χ4v) is 2.77. The Morgan fingerprint density at radius 1 is 1.14 bits per heavy atom. The molecule has 0 aliphatic heterocycles. The third kappa shape index (κ3) is 2.96. The van der Waals surface area contributed by atoms with Gasteiger partial charge in [0.2, 0.25) is 0 Å². The summed E-state index contributed by atoms with van der Waals surface area (Å²) in [5.41, 5.74) is 0. The first-order chi connectivity index (χ1) is 6.83. The van der Waals surface area contributed by atoms with E-state index in [1.165, 1.54) is 32.1 Å². The van der Waals surface area contributed by atoms with Crippen LogP contribution in [0.2, 0.25) is 0 Å². The molecule has 1 atom stereocenters. The van der Waals surface area contributed by atoms with E-state index in [1.54, 1.807) is 0 Å². The zero-order chi connectivity index (χ0) is 10.4. The van der Waals surface area contributed by atoms with Gasteiger partial charge in [0.1, 0.15) is 0 Å². The van der Waals surface area contributed by atoms with Gasteiger partial charge < -0.3 is 5.11 Å². The second-order valence-electron chi connectivity index (χ2n) is 4.37. The van der Waals surface area contributed by atoms with Gasteiger partial charge in [-0.2, -0.15) is 0 Å². The molecule has 0 bridgehead atoms. The Morgan fingerprint density at radius 3 is 2.14 bits per heavy atom. The molecule has 1 fully saturated rings. The quantitative estimate of drug-likeness (QED) is 0.734. The monoisotopic (exact) mass is 199 g/mol. The zero-order valence-electron chi connectivity index (χ0n) is 9.71. The summed E-state index contributed by atoms with van der Waals surface area (Å²) in [6.45, 7) is 6.85. The summed E-state index contributed by atoms with van der Waals surface area (Å²) in [5.74, 6) is 0.744. The molecule has 0 aromatic heterocycles. The highest BCUT2D eigenvalue weighted by atomic mass is 16.3. The van der Waals surface area contributed by atoms with Crippen molar-refractivity contribution in [2.45, 2.75) is 52.0 Å². The summed E-state index contributed by atoms with van der Waals surface area (Å²) in [6.07, 6.45) is 6.77. The lowest BCUT2D eigenvalue weighted by atomic mass is 9.83.